The van der Waals surface area contributed by atoms with Gasteiger partial charge in [-0.25, -0.2) is 0 Å². The van der Waals surface area contributed by atoms with Crippen LogP contribution in [0.2, 0.25) is 0 Å². The Labute approximate surface area is 151 Å². The van der Waals surface area contributed by atoms with E-state index in [1.54, 1.807) is 12.1 Å². The molecule has 1 N–H and O–H groups in total. The van der Waals surface area contributed by atoms with Gasteiger partial charge in [0.2, 0.25) is 0 Å². The summed E-state index contributed by atoms with van der Waals surface area (Å²) in [6, 6.07) is 6.24. The zero-order valence-electron chi connectivity index (χ0n) is 14.6. The van der Waals surface area contributed by atoms with E-state index in [0.717, 1.165) is 39.4 Å². The van der Waals surface area contributed by atoms with Crippen LogP contribution in [0.25, 0.3) is 0 Å². The summed E-state index contributed by atoms with van der Waals surface area (Å²) < 4.78 is 47.3. The van der Waals surface area contributed by atoms with E-state index < -0.39 is 6.36 Å². The first-order valence-electron chi connectivity index (χ1n) is 8.91. The third-order valence-corrected chi connectivity index (χ3v) is 5.08. The molecule has 3 rings (SSSR count). The highest BCUT2D eigenvalue weighted by atomic mass is 19.4. The molecule has 0 radical (unpaired) electrons. The Bertz CT molecular complexity index is 579. The van der Waals surface area contributed by atoms with Crippen molar-refractivity contribution in [2.45, 2.75) is 12.9 Å². The minimum Gasteiger partial charge on any atom is -0.405 e. The molecule has 1 aromatic carbocycles. The molecule has 2 aliphatic rings. The average molecular weight is 374 g/mol. The number of benzene rings is 1. The molecule has 0 aliphatic carbocycles. The fourth-order valence-corrected chi connectivity index (χ4v) is 3.79. The van der Waals surface area contributed by atoms with E-state index in [1.165, 1.54) is 12.1 Å². The molecule has 2 atom stereocenters. The predicted octanol–water partition coefficient (Wildman–Crippen LogP) is 1.96. The van der Waals surface area contributed by atoms with E-state index >= 15 is 0 Å². The number of likely N-dealkylation sites (tertiary alicyclic amines) is 1. The molecule has 0 bridgehead atoms. The van der Waals surface area contributed by atoms with Crippen molar-refractivity contribution >= 4 is 0 Å². The topological polar surface area (TPSA) is 45.2 Å². The molecule has 8 heteroatoms. The maximum Gasteiger partial charge on any atom is 0.573 e. The normalized spacial score (nSPS) is 25.5. The smallest absolute Gasteiger partial charge is 0.405 e. The van der Waals surface area contributed by atoms with Crippen LogP contribution in [-0.4, -0.2) is 73.8 Å². The molecule has 1 aromatic rings. The second-order valence-corrected chi connectivity index (χ2v) is 6.97. The maximum atomic E-state index is 12.6. The number of hydrogen-bond donors (Lipinski definition) is 1. The van der Waals surface area contributed by atoms with Gasteiger partial charge >= 0.3 is 6.36 Å². The monoisotopic (exact) mass is 374 g/mol. The van der Waals surface area contributed by atoms with Crippen molar-refractivity contribution in [1.82, 2.24) is 9.80 Å². The van der Waals surface area contributed by atoms with Crippen molar-refractivity contribution in [3.63, 3.8) is 0 Å². The summed E-state index contributed by atoms with van der Waals surface area (Å²) in [5.74, 6) is 0.277. The average Bonchev–Trinajstić information content (AvgIpc) is 2.98. The summed E-state index contributed by atoms with van der Waals surface area (Å²) in [5, 5.41) is 9.71. The molecule has 0 amide bonds. The van der Waals surface area contributed by atoms with Gasteiger partial charge in [-0.15, -0.1) is 13.2 Å². The number of halogens is 3. The van der Waals surface area contributed by atoms with Crippen molar-refractivity contribution in [2.24, 2.45) is 11.8 Å². The highest BCUT2D eigenvalue weighted by Gasteiger charge is 2.35. The SMILES string of the molecule is OCC1CN(Cc2ccccc2OC(F)(F)F)CC1CN1CCOCC1. The molecule has 2 heterocycles. The van der Waals surface area contributed by atoms with Crippen molar-refractivity contribution in [1.29, 1.82) is 0 Å². The van der Waals surface area contributed by atoms with Gasteiger partial charge in [0.05, 0.1) is 13.2 Å². The van der Waals surface area contributed by atoms with E-state index in [9.17, 15) is 18.3 Å². The van der Waals surface area contributed by atoms with Crippen LogP contribution >= 0.6 is 0 Å². The molecule has 2 unspecified atom stereocenters. The van der Waals surface area contributed by atoms with Crippen LogP contribution < -0.4 is 4.74 Å². The second-order valence-electron chi connectivity index (χ2n) is 6.97. The minimum atomic E-state index is -4.70. The third-order valence-electron chi connectivity index (χ3n) is 5.08. The number of ether oxygens (including phenoxy) is 2. The molecule has 0 saturated carbocycles. The fourth-order valence-electron chi connectivity index (χ4n) is 3.79. The summed E-state index contributed by atoms with van der Waals surface area (Å²) in [4.78, 5) is 4.44. The number of para-hydroxylation sites is 1. The maximum absolute atomic E-state index is 12.6. The Morgan fingerprint density at radius 2 is 1.77 bits per heavy atom. The summed E-state index contributed by atoms with van der Waals surface area (Å²) in [5.41, 5.74) is 0.508. The fraction of sp³-hybridized carbons (Fsp3) is 0.667. The summed E-state index contributed by atoms with van der Waals surface area (Å²) in [7, 11) is 0. The number of aliphatic hydroxyl groups excluding tert-OH is 1. The zero-order chi connectivity index (χ0) is 18.6. The summed E-state index contributed by atoms with van der Waals surface area (Å²) >= 11 is 0. The van der Waals surface area contributed by atoms with Gasteiger partial charge in [0.25, 0.3) is 0 Å². The van der Waals surface area contributed by atoms with Gasteiger partial charge in [0, 0.05) is 51.4 Å². The first-order chi connectivity index (χ1) is 12.4. The molecule has 146 valence electrons. The van der Waals surface area contributed by atoms with Crippen LogP contribution in [0, 0.1) is 11.8 Å². The Morgan fingerprint density at radius 3 is 2.46 bits per heavy atom. The number of hydrogen-bond acceptors (Lipinski definition) is 5. The van der Waals surface area contributed by atoms with E-state index in [-0.39, 0.29) is 18.3 Å². The Morgan fingerprint density at radius 1 is 1.08 bits per heavy atom. The lowest BCUT2D eigenvalue weighted by molar-refractivity contribution is -0.275. The standard InChI is InChI=1S/C18H25F3N2O3/c19-18(20,21)26-17-4-2-1-3-14(17)9-23-11-15(16(12-23)13-24)10-22-5-7-25-8-6-22/h1-4,15-16,24H,5-13H2. The van der Waals surface area contributed by atoms with E-state index in [4.69, 9.17) is 4.74 Å². The minimum absolute atomic E-state index is 0.0895. The highest BCUT2D eigenvalue weighted by molar-refractivity contribution is 5.33. The quantitative estimate of drug-likeness (QED) is 0.825. The van der Waals surface area contributed by atoms with Gasteiger partial charge in [-0.05, 0) is 17.9 Å². The number of rotatable bonds is 6. The van der Waals surface area contributed by atoms with Gasteiger partial charge in [-0.1, -0.05) is 18.2 Å². The van der Waals surface area contributed by atoms with Gasteiger partial charge in [-0.3, -0.25) is 9.80 Å². The third kappa shape index (κ3) is 5.33. The molecule has 2 fully saturated rings. The summed E-state index contributed by atoms with van der Waals surface area (Å²) in [6.45, 7) is 5.99. The first-order valence-corrected chi connectivity index (χ1v) is 8.91. The van der Waals surface area contributed by atoms with Crippen LogP contribution in [0.3, 0.4) is 0 Å². The van der Waals surface area contributed by atoms with Crippen molar-refractivity contribution < 1.29 is 27.8 Å². The molecule has 0 spiro atoms. The molecule has 2 aliphatic heterocycles. The van der Waals surface area contributed by atoms with Crippen LogP contribution in [0.5, 0.6) is 5.75 Å². The number of alkyl halides is 3. The van der Waals surface area contributed by atoms with Gasteiger partial charge < -0.3 is 14.6 Å². The Kier molecular flexibility index (Phi) is 6.39. The van der Waals surface area contributed by atoms with Crippen molar-refractivity contribution in [2.75, 3.05) is 52.5 Å². The van der Waals surface area contributed by atoms with E-state index in [1.807, 2.05) is 0 Å². The van der Waals surface area contributed by atoms with E-state index in [0.29, 0.717) is 24.6 Å². The molecular formula is C18H25F3N2O3. The van der Waals surface area contributed by atoms with Crippen LogP contribution in [0.15, 0.2) is 24.3 Å². The van der Waals surface area contributed by atoms with Crippen LogP contribution in [-0.2, 0) is 11.3 Å². The number of morpholine rings is 1. The summed E-state index contributed by atoms with van der Waals surface area (Å²) in [6.07, 6.45) is -4.70. The van der Waals surface area contributed by atoms with Crippen molar-refractivity contribution in [3.8, 4) is 5.75 Å². The van der Waals surface area contributed by atoms with Gasteiger partial charge in [-0.2, -0.15) is 0 Å². The Hall–Kier alpha value is -1.35. The van der Waals surface area contributed by atoms with E-state index in [2.05, 4.69) is 14.5 Å². The van der Waals surface area contributed by atoms with Crippen molar-refractivity contribution in [3.05, 3.63) is 29.8 Å². The lowest BCUT2D eigenvalue weighted by atomic mass is 9.96. The molecular weight excluding hydrogens is 349 g/mol. The molecule has 26 heavy (non-hydrogen) atoms. The first kappa shape index (κ1) is 19.4. The Balaban J connectivity index is 1.62. The van der Waals surface area contributed by atoms with Gasteiger partial charge in [0.15, 0.2) is 0 Å². The second kappa shape index (κ2) is 8.56. The molecule has 2 saturated heterocycles. The largest absolute Gasteiger partial charge is 0.573 e. The van der Waals surface area contributed by atoms with Gasteiger partial charge in [0.1, 0.15) is 5.75 Å². The number of nitrogens with zero attached hydrogens (tertiary/aromatic N) is 2. The molecule has 0 aromatic heterocycles. The molecule has 5 nitrogen and oxygen atoms in total. The van der Waals surface area contributed by atoms with Crippen LogP contribution in [0.1, 0.15) is 5.56 Å². The lowest BCUT2D eigenvalue weighted by Crippen LogP contribution is -2.41. The predicted molar refractivity (Wildman–Crippen MR) is 89.7 cm³/mol. The lowest BCUT2D eigenvalue weighted by Gasteiger charge is -2.30. The van der Waals surface area contributed by atoms with Crippen LogP contribution in [0.4, 0.5) is 13.2 Å². The highest BCUT2D eigenvalue weighted by Crippen LogP contribution is 2.30. The number of aliphatic hydroxyl groups is 1. The zero-order valence-corrected chi connectivity index (χ0v) is 14.6.